The number of aromatic nitrogens is 2. The van der Waals surface area contributed by atoms with Gasteiger partial charge in [0.1, 0.15) is 11.6 Å². The molecule has 0 aliphatic carbocycles. The monoisotopic (exact) mass is 425 g/mol. The van der Waals surface area contributed by atoms with Crippen molar-refractivity contribution in [2.24, 2.45) is 11.8 Å². The van der Waals surface area contributed by atoms with Crippen molar-refractivity contribution in [3.63, 3.8) is 0 Å². The molecule has 2 N–H and O–H groups in total. The van der Waals surface area contributed by atoms with Gasteiger partial charge < -0.3 is 15.4 Å². The number of hydrogen-bond donors (Lipinski definition) is 1. The van der Waals surface area contributed by atoms with E-state index in [2.05, 4.69) is 58.0 Å². The molecule has 0 radical (unpaired) electrons. The fourth-order valence-electron chi connectivity index (χ4n) is 4.67. The minimum atomic E-state index is 0. The first-order valence-electron chi connectivity index (χ1n) is 9.31. The smallest absolute Gasteiger partial charge is 0.221 e. The zero-order valence-electron chi connectivity index (χ0n) is 16.5. The van der Waals surface area contributed by atoms with Crippen LogP contribution in [-0.2, 0) is 6.42 Å². The normalized spacial score (nSPS) is 23.7. The highest BCUT2D eigenvalue weighted by Crippen LogP contribution is 2.45. The zero-order valence-corrected chi connectivity index (χ0v) is 18.2. The molecule has 4 rings (SSSR count). The van der Waals surface area contributed by atoms with Gasteiger partial charge in [0.05, 0.1) is 7.11 Å². The van der Waals surface area contributed by atoms with E-state index in [1.807, 2.05) is 6.20 Å². The lowest BCUT2D eigenvalue weighted by molar-refractivity contribution is 0.279. The average molecular weight is 426 g/mol. The van der Waals surface area contributed by atoms with Crippen molar-refractivity contribution in [1.29, 1.82) is 0 Å². The molecule has 2 aliphatic heterocycles. The van der Waals surface area contributed by atoms with E-state index in [1.165, 1.54) is 11.1 Å². The zero-order chi connectivity index (χ0) is 18.3. The van der Waals surface area contributed by atoms with Gasteiger partial charge in [-0.25, -0.2) is 4.98 Å². The molecule has 0 spiro atoms. The van der Waals surface area contributed by atoms with Crippen molar-refractivity contribution in [1.82, 2.24) is 14.9 Å². The summed E-state index contributed by atoms with van der Waals surface area (Å²) in [6, 6.07) is 8.95. The largest absolute Gasteiger partial charge is 0.497 e. The van der Waals surface area contributed by atoms with E-state index in [-0.39, 0.29) is 24.8 Å². The highest BCUT2D eigenvalue weighted by molar-refractivity contribution is 5.85. The number of rotatable bonds is 4. The molecule has 3 atom stereocenters. The first-order valence-corrected chi connectivity index (χ1v) is 9.31. The number of aryl methyl sites for hydroxylation is 1. The van der Waals surface area contributed by atoms with Crippen LogP contribution in [-0.4, -0.2) is 48.7 Å². The Bertz CT molecular complexity index is 789. The molecule has 2 saturated heterocycles. The summed E-state index contributed by atoms with van der Waals surface area (Å²) in [6.07, 6.45) is 2.79. The van der Waals surface area contributed by atoms with Gasteiger partial charge in [-0.15, -0.1) is 24.8 Å². The van der Waals surface area contributed by atoms with E-state index >= 15 is 0 Å². The molecule has 0 saturated carbocycles. The van der Waals surface area contributed by atoms with Gasteiger partial charge >= 0.3 is 0 Å². The number of nitrogen functional groups attached to an aromatic ring is 1. The molecule has 6 nitrogen and oxygen atoms in total. The van der Waals surface area contributed by atoms with Crippen LogP contribution in [0, 0.1) is 11.8 Å². The molecule has 28 heavy (non-hydrogen) atoms. The third-order valence-electron chi connectivity index (χ3n) is 5.89. The molecule has 8 heteroatoms. The lowest BCUT2D eigenvalue weighted by atomic mass is 9.89. The number of hydrogen-bond acceptors (Lipinski definition) is 6. The van der Waals surface area contributed by atoms with Crippen LogP contribution in [0.15, 0.2) is 30.5 Å². The van der Waals surface area contributed by atoms with E-state index in [0.29, 0.717) is 23.8 Å². The highest BCUT2D eigenvalue weighted by atomic mass is 35.5. The number of fused-ring (bicyclic) bond motifs is 1. The van der Waals surface area contributed by atoms with Crippen molar-refractivity contribution in [3.8, 4) is 5.75 Å². The number of nitrogens with two attached hydrogens (primary N) is 1. The lowest BCUT2D eigenvalue weighted by Gasteiger charge is -2.28. The quantitative estimate of drug-likeness (QED) is 0.810. The molecule has 3 heterocycles. The maximum atomic E-state index is 5.86. The van der Waals surface area contributed by atoms with Crippen molar-refractivity contribution >= 4 is 36.6 Å². The molecule has 2 aromatic rings. The minimum absolute atomic E-state index is 0. The number of nitrogens with zero attached hydrogens (tertiary/aromatic N) is 4. The van der Waals surface area contributed by atoms with E-state index in [0.717, 1.165) is 37.6 Å². The summed E-state index contributed by atoms with van der Waals surface area (Å²) in [7, 11) is 3.94. The minimum Gasteiger partial charge on any atom is -0.497 e. The number of anilines is 2. The number of ether oxygens (including phenoxy) is 1. The molecule has 0 amide bonds. The summed E-state index contributed by atoms with van der Waals surface area (Å²) in [6.45, 7) is 5.30. The third-order valence-corrected chi connectivity index (χ3v) is 5.89. The van der Waals surface area contributed by atoms with Crippen LogP contribution in [0.3, 0.4) is 0 Å². The van der Waals surface area contributed by atoms with Crippen LogP contribution in [0.2, 0.25) is 0 Å². The fourth-order valence-corrected chi connectivity index (χ4v) is 4.67. The van der Waals surface area contributed by atoms with Crippen LogP contribution in [0.1, 0.15) is 24.1 Å². The predicted molar refractivity (Wildman–Crippen MR) is 118 cm³/mol. The summed E-state index contributed by atoms with van der Waals surface area (Å²) in [5, 5.41) is 0. The second-order valence-electron chi connectivity index (χ2n) is 7.42. The van der Waals surface area contributed by atoms with Gasteiger partial charge in [0.25, 0.3) is 0 Å². The van der Waals surface area contributed by atoms with Crippen LogP contribution in [0.4, 0.5) is 11.8 Å². The maximum Gasteiger partial charge on any atom is 0.221 e. The summed E-state index contributed by atoms with van der Waals surface area (Å²) in [5.74, 6) is 3.52. The summed E-state index contributed by atoms with van der Waals surface area (Å²) < 4.78 is 5.31. The second-order valence-corrected chi connectivity index (χ2v) is 7.42. The average Bonchev–Trinajstić information content (AvgIpc) is 3.18. The van der Waals surface area contributed by atoms with Crippen LogP contribution in [0.25, 0.3) is 0 Å². The van der Waals surface area contributed by atoms with E-state index in [1.54, 1.807) is 7.11 Å². The Morgan fingerprint density at radius 1 is 1.14 bits per heavy atom. The van der Waals surface area contributed by atoms with Crippen molar-refractivity contribution in [3.05, 3.63) is 41.6 Å². The summed E-state index contributed by atoms with van der Waals surface area (Å²) in [5.41, 5.74) is 8.40. The Morgan fingerprint density at radius 2 is 1.86 bits per heavy atom. The van der Waals surface area contributed by atoms with Crippen molar-refractivity contribution < 1.29 is 4.74 Å². The molecule has 0 bridgehead atoms. The molecule has 0 unspecified atom stereocenters. The van der Waals surface area contributed by atoms with Crippen LogP contribution < -0.4 is 15.4 Å². The standard InChI is InChI=1S/C20H27N5O.2ClH/c1-4-13-9-22-20(21)23-19(13)25-11-15-10-24(2)18(17(15)12-25)14-5-7-16(26-3)8-6-14;;/h5-9,15,17-18H,4,10-12H2,1-3H3,(H2,21,22,23);2*1H/t15-,17+,18+;;/m0../s1. The summed E-state index contributed by atoms with van der Waals surface area (Å²) >= 11 is 0. The lowest BCUT2D eigenvalue weighted by Crippen LogP contribution is -2.30. The van der Waals surface area contributed by atoms with E-state index < -0.39 is 0 Å². The number of likely N-dealkylation sites (tertiary alicyclic amines) is 1. The van der Waals surface area contributed by atoms with Crippen molar-refractivity contribution in [2.45, 2.75) is 19.4 Å². The second kappa shape index (κ2) is 9.16. The fraction of sp³-hybridized carbons (Fsp3) is 0.500. The Hall–Kier alpha value is -1.76. The third kappa shape index (κ3) is 4.00. The molecular weight excluding hydrogens is 397 g/mol. The predicted octanol–water partition coefficient (Wildman–Crippen LogP) is 3.21. The van der Waals surface area contributed by atoms with Gasteiger partial charge in [0.2, 0.25) is 5.95 Å². The summed E-state index contributed by atoms with van der Waals surface area (Å²) in [4.78, 5) is 13.6. The Morgan fingerprint density at radius 3 is 2.50 bits per heavy atom. The molecule has 2 aliphatic rings. The van der Waals surface area contributed by atoms with Gasteiger partial charge in [-0.2, -0.15) is 4.98 Å². The first kappa shape index (κ1) is 22.5. The number of benzene rings is 1. The van der Waals surface area contributed by atoms with Gasteiger partial charge in [0, 0.05) is 43.4 Å². The molecule has 1 aromatic carbocycles. The van der Waals surface area contributed by atoms with Crippen LogP contribution in [0.5, 0.6) is 5.75 Å². The number of halogens is 2. The Labute approximate surface area is 179 Å². The van der Waals surface area contributed by atoms with Gasteiger partial charge in [-0.1, -0.05) is 19.1 Å². The molecule has 1 aromatic heterocycles. The topological polar surface area (TPSA) is 67.5 Å². The van der Waals surface area contributed by atoms with Crippen molar-refractivity contribution in [2.75, 3.05) is 44.4 Å². The van der Waals surface area contributed by atoms with E-state index in [9.17, 15) is 0 Å². The Balaban J connectivity index is 0.00000140. The van der Waals surface area contributed by atoms with E-state index in [4.69, 9.17) is 10.5 Å². The van der Waals surface area contributed by atoms with Gasteiger partial charge in [-0.3, -0.25) is 4.90 Å². The first-order chi connectivity index (χ1) is 12.6. The van der Waals surface area contributed by atoms with Gasteiger partial charge in [0.15, 0.2) is 0 Å². The molecule has 154 valence electrons. The molecule has 2 fully saturated rings. The molecular formula is C20H29Cl2N5O. The SMILES string of the molecule is CCc1cnc(N)nc1N1C[C@@H]2CN(C)[C@H](c3ccc(OC)cc3)[C@@H]2C1.Cl.Cl. The van der Waals surface area contributed by atoms with Crippen LogP contribution >= 0.6 is 24.8 Å². The van der Waals surface area contributed by atoms with Gasteiger partial charge in [-0.05, 0) is 37.1 Å². The Kier molecular flexibility index (Phi) is 7.37. The number of methoxy groups -OCH3 is 1. The maximum absolute atomic E-state index is 5.86. The highest BCUT2D eigenvalue weighted by Gasteiger charge is 2.46.